The van der Waals surface area contributed by atoms with Gasteiger partial charge >= 0.3 is 69.8 Å². The summed E-state index contributed by atoms with van der Waals surface area (Å²) in [6.45, 7) is 4.10. The molecule has 56 valence electrons. The van der Waals surface area contributed by atoms with Crippen LogP contribution >= 0.6 is 0 Å². The fourth-order valence-corrected chi connectivity index (χ4v) is 3.51. The summed E-state index contributed by atoms with van der Waals surface area (Å²) >= 11 is -2.35. The molecule has 2 heteroatoms. The summed E-state index contributed by atoms with van der Waals surface area (Å²) < 4.78 is 14.8. The molecule has 0 radical (unpaired) electrons. The molecular formula is C8H14OSn. The van der Waals surface area contributed by atoms with Gasteiger partial charge < -0.3 is 0 Å². The summed E-state index contributed by atoms with van der Waals surface area (Å²) in [5, 5.41) is 0. The van der Waals surface area contributed by atoms with Gasteiger partial charge in [-0.05, 0) is 0 Å². The van der Waals surface area contributed by atoms with E-state index in [0.717, 1.165) is 12.8 Å². The van der Waals surface area contributed by atoms with E-state index in [1.807, 2.05) is 20.3 Å². The molecule has 0 saturated carbocycles. The van der Waals surface area contributed by atoms with Gasteiger partial charge in [0, 0.05) is 0 Å². The molecule has 0 unspecified atom stereocenters. The molecule has 0 amide bonds. The second-order valence-electron chi connectivity index (χ2n) is 2.02. The van der Waals surface area contributed by atoms with Crippen LogP contribution in [0.4, 0.5) is 0 Å². The fourth-order valence-electron chi connectivity index (χ4n) is 0.524. The SMILES string of the molecule is CCC=[CH][Sn](=[O])[CH]=CCC. The Kier molecular flexibility index (Phi) is 7.25. The molecule has 0 aliphatic carbocycles. The predicted octanol–water partition coefficient (Wildman–Crippen LogP) is 2.42. The molecule has 0 fully saturated rings. The van der Waals surface area contributed by atoms with Gasteiger partial charge in [0.1, 0.15) is 0 Å². The van der Waals surface area contributed by atoms with Crippen molar-refractivity contribution in [2.45, 2.75) is 26.7 Å². The van der Waals surface area contributed by atoms with Crippen LogP contribution in [0.25, 0.3) is 0 Å². The van der Waals surface area contributed by atoms with Gasteiger partial charge in [0.05, 0.1) is 0 Å². The molecular weight excluding hydrogens is 231 g/mol. The van der Waals surface area contributed by atoms with Crippen LogP contribution in [0, 0.1) is 0 Å². The van der Waals surface area contributed by atoms with Gasteiger partial charge in [0.2, 0.25) is 0 Å². The van der Waals surface area contributed by atoms with Crippen molar-refractivity contribution in [3.05, 3.63) is 20.3 Å². The first-order valence-electron chi connectivity index (χ1n) is 3.68. The second-order valence-corrected chi connectivity index (χ2v) is 6.22. The van der Waals surface area contributed by atoms with Crippen LogP contribution in [0.2, 0.25) is 0 Å². The molecule has 0 aromatic heterocycles. The van der Waals surface area contributed by atoms with E-state index in [0.29, 0.717) is 0 Å². The average Bonchev–Trinajstić information content (AvgIpc) is 1.97. The van der Waals surface area contributed by atoms with Gasteiger partial charge in [-0.25, -0.2) is 0 Å². The van der Waals surface area contributed by atoms with Crippen molar-refractivity contribution < 1.29 is 3.08 Å². The third-order valence-corrected chi connectivity index (χ3v) is 4.26. The summed E-state index contributed by atoms with van der Waals surface area (Å²) in [4.78, 5) is 0. The van der Waals surface area contributed by atoms with Crippen LogP contribution in [0.5, 0.6) is 0 Å². The zero-order valence-electron chi connectivity index (χ0n) is 6.63. The Morgan fingerprint density at radius 2 is 1.50 bits per heavy atom. The molecule has 10 heavy (non-hydrogen) atoms. The Labute approximate surface area is 69.9 Å². The average molecular weight is 245 g/mol. The molecule has 0 aliphatic rings. The van der Waals surface area contributed by atoms with E-state index in [9.17, 15) is 3.08 Å². The van der Waals surface area contributed by atoms with E-state index in [1.165, 1.54) is 0 Å². The minimum absolute atomic E-state index is 0.992. The minimum atomic E-state index is -2.35. The Morgan fingerprint density at radius 3 is 1.80 bits per heavy atom. The molecule has 0 spiro atoms. The molecule has 0 N–H and O–H groups in total. The normalized spacial score (nSPS) is 11.4. The van der Waals surface area contributed by atoms with Crippen LogP contribution in [0.15, 0.2) is 20.3 Å². The summed E-state index contributed by atoms with van der Waals surface area (Å²) in [6, 6.07) is 0. The van der Waals surface area contributed by atoms with E-state index in [2.05, 4.69) is 13.8 Å². The van der Waals surface area contributed by atoms with Crippen LogP contribution in [0.3, 0.4) is 0 Å². The first-order chi connectivity index (χ1) is 4.81. The van der Waals surface area contributed by atoms with Crippen molar-refractivity contribution in [1.29, 1.82) is 0 Å². The number of allylic oxidation sites excluding steroid dienone is 2. The van der Waals surface area contributed by atoms with Gasteiger partial charge in [-0.1, -0.05) is 0 Å². The summed E-state index contributed by atoms with van der Waals surface area (Å²) in [5.74, 6) is 0. The Morgan fingerprint density at radius 1 is 1.10 bits per heavy atom. The van der Waals surface area contributed by atoms with Crippen molar-refractivity contribution in [3.63, 3.8) is 0 Å². The molecule has 0 aromatic rings. The molecule has 0 aromatic carbocycles. The Balaban J connectivity index is 3.63. The summed E-state index contributed by atoms with van der Waals surface area (Å²) in [5.41, 5.74) is 0. The zero-order chi connectivity index (χ0) is 7.82. The van der Waals surface area contributed by atoms with Gasteiger partial charge in [0.25, 0.3) is 0 Å². The summed E-state index contributed by atoms with van der Waals surface area (Å²) in [6.07, 6.45) is 5.96. The standard InChI is InChI=1S/2C4H7.O.Sn/c2*1-3-4-2;;/h2*1,3H,4H2,2H3;;. The second kappa shape index (κ2) is 7.19. The molecule has 0 saturated heterocycles. The van der Waals surface area contributed by atoms with Crippen molar-refractivity contribution in [1.82, 2.24) is 0 Å². The molecule has 0 aliphatic heterocycles. The Bertz CT molecular complexity index is 131. The predicted molar refractivity (Wildman–Crippen MR) is 45.3 cm³/mol. The fraction of sp³-hybridized carbons (Fsp3) is 0.500. The van der Waals surface area contributed by atoms with E-state index in [-0.39, 0.29) is 0 Å². The molecule has 0 atom stereocenters. The van der Waals surface area contributed by atoms with Crippen LogP contribution in [0.1, 0.15) is 26.7 Å². The third-order valence-electron chi connectivity index (χ3n) is 1.04. The van der Waals surface area contributed by atoms with Gasteiger partial charge in [0.15, 0.2) is 0 Å². The van der Waals surface area contributed by atoms with Crippen LogP contribution in [-0.2, 0) is 3.08 Å². The van der Waals surface area contributed by atoms with E-state index >= 15 is 0 Å². The summed E-state index contributed by atoms with van der Waals surface area (Å²) in [7, 11) is 0. The van der Waals surface area contributed by atoms with Crippen LogP contribution in [-0.4, -0.2) is 19.7 Å². The first kappa shape index (κ1) is 10.1. The van der Waals surface area contributed by atoms with E-state index in [4.69, 9.17) is 0 Å². The van der Waals surface area contributed by atoms with Gasteiger partial charge in [-0.2, -0.15) is 0 Å². The topological polar surface area (TPSA) is 17.1 Å². The molecule has 1 nitrogen and oxygen atoms in total. The van der Waals surface area contributed by atoms with Crippen molar-refractivity contribution in [2.75, 3.05) is 0 Å². The van der Waals surface area contributed by atoms with Crippen molar-refractivity contribution in [2.24, 2.45) is 0 Å². The number of rotatable bonds is 4. The van der Waals surface area contributed by atoms with Crippen LogP contribution < -0.4 is 0 Å². The zero-order valence-corrected chi connectivity index (χ0v) is 9.49. The molecule has 0 rings (SSSR count). The van der Waals surface area contributed by atoms with Gasteiger partial charge in [-0.3, -0.25) is 0 Å². The van der Waals surface area contributed by atoms with Crippen molar-refractivity contribution in [3.8, 4) is 0 Å². The molecule has 0 heterocycles. The maximum atomic E-state index is 11.1. The number of hydrogen-bond donors (Lipinski definition) is 0. The number of hydrogen-bond acceptors (Lipinski definition) is 1. The van der Waals surface area contributed by atoms with Crippen molar-refractivity contribution >= 4 is 19.7 Å². The first-order valence-corrected chi connectivity index (χ1v) is 8.14. The molecule has 0 bridgehead atoms. The van der Waals surface area contributed by atoms with Gasteiger partial charge in [-0.15, -0.1) is 0 Å². The quantitative estimate of drug-likeness (QED) is 0.695. The maximum absolute atomic E-state index is 11.1. The monoisotopic (exact) mass is 246 g/mol. The van der Waals surface area contributed by atoms with E-state index in [1.54, 1.807) is 0 Å². The third kappa shape index (κ3) is 6.20. The van der Waals surface area contributed by atoms with E-state index < -0.39 is 19.7 Å². The Hall–Kier alpha value is 0.0787.